The molecular weight excluding hydrogens is 280 g/mol. The molecule has 1 aromatic heterocycles. The van der Waals surface area contributed by atoms with Crippen LogP contribution in [0.3, 0.4) is 0 Å². The van der Waals surface area contributed by atoms with E-state index in [1.54, 1.807) is 7.11 Å². The zero-order valence-electron chi connectivity index (χ0n) is 13.0. The van der Waals surface area contributed by atoms with Crippen molar-refractivity contribution in [2.24, 2.45) is 0 Å². The van der Waals surface area contributed by atoms with Crippen molar-refractivity contribution >= 4 is 16.9 Å². The first kappa shape index (κ1) is 15.1. The molecule has 1 amide bonds. The number of nitrogens with zero attached hydrogens (tertiary/aromatic N) is 2. The highest BCUT2D eigenvalue weighted by Crippen LogP contribution is 2.20. The highest BCUT2D eigenvalue weighted by atomic mass is 16.5. The van der Waals surface area contributed by atoms with Gasteiger partial charge in [0.25, 0.3) is 0 Å². The van der Waals surface area contributed by atoms with Gasteiger partial charge in [0.1, 0.15) is 18.0 Å². The second kappa shape index (κ2) is 6.94. The van der Waals surface area contributed by atoms with Gasteiger partial charge in [-0.15, -0.1) is 0 Å². The van der Waals surface area contributed by atoms with Crippen LogP contribution in [0.4, 0.5) is 0 Å². The van der Waals surface area contributed by atoms with Gasteiger partial charge in [0.15, 0.2) is 0 Å². The van der Waals surface area contributed by atoms with Crippen LogP contribution in [0.15, 0.2) is 34.7 Å². The number of rotatable bonds is 4. The molecule has 0 bridgehead atoms. The van der Waals surface area contributed by atoms with Crippen LogP contribution in [-0.2, 0) is 16.1 Å². The summed E-state index contributed by atoms with van der Waals surface area (Å²) in [6.45, 7) is 4.37. The fourth-order valence-corrected chi connectivity index (χ4v) is 2.93. The number of methoxy groups -OCH3 is 1. The number of hydrogen-bond acceptors (Lipinski definition) is 4. The van der Waals surface area contributed by atoms with Crippen molar-refractivity contribution in [1.82, 2.24) is 9.80 Å². The molecule has 1 fully saturated rings. The summed E-state index contributed by atoms with van der Waals surface area (Å²) >= 11 is 0. The van der Waals surface area contributed by atoms with Gasteiger partial charge in [-0.3, -0.25) is 9.69 Å². The Bertz CT molecular complexity index is 605. The van der Waals surface area contributed by atoms with E-state index in [0.717, 1.165) is 55.9 Å². The van der Waals surface area contributed by atoms with E-state index in [1.165, 1.54) is 0 Å². The van der Waals surface area contributed by atoms with E-state index in [2.05, 4.69) is 17.0 Å². The lowest BCUT2D eigenvalue weighted by Gasteiger charge is -2.21. The van der Waals surface area contributed by atoms with Gasteiger partial charge in [0.2, 0.25) is 5.91 Å². The average molecular weight is 302 g/mol. The maximum atomic E-state index is 11.9. The third kappa shape index (κ3) is 3.48. The van der Waals surface area contributed by atoms with Crippen molar-refractivity contribution in [1.29, 1.82) is 0 Å². The normalized spacial score (nSPS) is 16.9. The molecule has 0 unspecified atom stereocenters. The van der Waals surface area contributed by atoms with Crippen LogP contribution in [-0.4, -0.2) is 55.6 Å². The summed E-state index contributed by atoms with van der Waals surface area (Å²) in [6, 6.07) is 10.2. The smallest absolute Gasteiger partial charge is 0.248 e. The summed E-state index contributed by atoms with van der Waals surface area (Å²) in [5, 5.41) is 1.14. The molecule has 118 valence electrons. The number of furan rings is 1. The Morgan fingerprint density at radius 2 is 2.09 bits per heavy atom. The second-order valence-electron chi connectivity index (χ2n) is 5.69. The van der Waals surface area contributed by atoms with E-state index in [9.17, 15) is 4.79 Å². The fourth-order valence-electron chi connectivity index (χ4n) is 2.93. The van der Waals surface area contributed by atoms with E-state index in [1.807, 2.05) is 23.1 Å². The van der Waals surface area contributed by atoms with Crippen molar-refractivity contribution in [3.8, 4) is 0 Å². The molecule has 0 radical (unpaired) electrons. The van der Waals surface area contributed by atoms with Crippen molar-refractivity contribution in [3.63, 3.8) is 0 Å². The first-order valence-electron chi connectivity index (χ1n) is 7.73. The summed E-state index contributed by atoms with van der Waals surface area (Å²) < 4.78 is 10.8. The molecular formula is C17H22N2O3. The van der Waals surface area contributed by atoms with Crippen molar-refractivity contribution in [2.75, 3.05) is 39.9 Å². The molecule has 22 heavy (non-hydrogen) atoms. The van der Waals surface area contributed by atoms with Gasteiger partial charge in [0.05, 0.1) is 6.54 Å². The van der Waals surface area contributed by atoms with Crippen LogP contribution < -0.4 is 0 Å². The number of hydrogen-bond donors (Lipinski definition) is 0. The third-order valence-corrected chi connectivity index (χ3v) is 4.07. The highest BCUT2D eigenvalue weighted by molar-refractivity contribution is 5.78. The first-order chi connectivity index (χ1) is 10.8. The predicted molar refractivity (Wildman–Crippen MR) is 84.6 cm³/mol. The number of amides is 1. The monoisotopic (exact) mass is 302 g/mol. The van der Waals surface area contributed by atoms with E-state index >= 15 is 0 Å². The molecule has 1 aromatic carbocycles. The number of benzene rings is 1. The minimum Gasteiger partial charge on any atom is -0.460 e. The third-order valence-electron chi connectivity index (χ3n) is 4.07. The molecule has 3 rings (SSSR count). The van der Waals surface area contributed by atoms with E-state index in [0.29, 0.717) is 0 Å². The van der Waals surface area contributed by atoms with Crippen LogP contribution in [0.1, 0.15) is 12.2 Å². The summed E-state index contributed by atoms with van der Waals surface area (Å²) in [5.74, 6) is 1.06. The standard InChI is InChI=1S/C17H22N2O3/c1-21-13-17(20)19-8-4-7-18(9-10-19)12-15-11-14-5-2-3-6-16(14)22-15/h2-3,5-6,11H,4,7-10,12-13H2,1H3. The Kier molecular flexibility index (Phi) is 4.75. The molecule has 1 saturated heterocycles. The van der Waals surface area contributed by atoms with Gasteiger partial charge >= 0.3 is 0 Å². The van der Waals surface area contributed by atoms with Gasteiger partial charge < -0.3 is 14.1 Å². The molecule has 1 aliphatic heterocycles. The van der Waals surface area contributed by atoms with E-state index in [-0.39, 0.29) is 12.5 Å². The topological polar surface area (TPSA) is 45.9 Å². The van der Waals surface area contributed by atoms with Crippen LogP contribution in [0.2, 0.25) is 0 Å². The minimum absolute atomic E-state index is 0.0769. The Hall–Kier alpha value is -1.85. The van der Waals surface area contributed by atoms with Gasteiger partial charge in [0, 0.05) is 38.7 Å². The number of ether oxygens (including phenoxy) is 1. The van der Waals surface area contributed by atoms with Gasteiger partial charge in [-0.2, -0.15) is 0 Å². The molecule has 5 nitrogen and oxygen atoms in total. The Labute approximate surface area is 130 Å². The van der Waals surface area contributed by atoms with Crippen LogP contribution in [0.25, 0.3) is 11.0 Å². The van der Waals surface area contributed by atoms with Crippen LogP contribution in [0.5, 0.6) is 0 Å². The van der Waals surface area contributed by atoms with Crippen LogP contribution >= 0.6 is 0 Å². The Morgan fingerprint density at radius 1 is 1.23 bits per heavy atom. The average Bonchev–Trinajstić information content (AvgIpc) is 2.77. The molecule has 0 spiro atoms. The fraction of sp³-hybridized carbons (Fsp3) is 0.471. The largest absolute Gasteiger partial charge is 0.460 e. The highest BCUT2D eigenvalue weighted by Gasteiger charge is 2.19. The molecule has 2 heterocycles. The quantitative estimate of drug-likeness (QED) is 0.868. The van der Waals surface area contributed by atoms with E-state index < -0.39 is 0 Å². The lowest BCUT2D eigenvalue weighted by molar-refractivity contribution is -0.135. The molecule has 0 atom stereocenters. The lowest BCUT2D eigenvalue weighted by atomic mass is 10.2. The van der Waals surface area contributed by atoms with Crippen molar-refractivity contribution in [2.45, 2.75) is 13.0 Å². The summed E-state index contributed by atoms with van der Waals surface area (Å²) in [4.78, 5) is 16.1. The predicted octanol–water partition coefficient (Wildman–Crippen LogP) is 2.11. The summed E-state index contributed by atoms with van der Waals surface area (Å²) in [7, 11) is 1.56. The van der Waals surface area contributed by atoms with Gasteiger partial charge in [-0.1, -0.05) is 18.2 Å². The minimum atomic E-state index is 0.0769. The first-order valence-corrected chi connectivity index (χ1v) is 7.73. The number of carbonyl (C=O) groups is 1. The SMILES string of the molecule is COCC(=O)N1CCCN(Cc2cc3ccccc3o2)CC1. The maximum Gasteiger partial charge on any atom is 0.248 e. The second-order valence-corrected chi connectivity index (χ2v) is 5.69. The molecule has 5 heteroatoms. The van der Waals surface area contributed by atoms with Crippen LogP contribution in [0, 0.1) is 0 Å². The number of fused-ring (bicyclic) bond motifs is 1. The lowest BCUT2D eigenvalue weighted by Crippen LogP contribution is -2.37. The van der Waals surface area contributed by atoms with E-state index in [4.69, 9.17) is 9.15 Å². The summed E-state index contributed by atoms with van der Waals surface area (Å²) in [5.41, 5.74) is 0.934. The molecule has 2 aromatic rings. The molecule has 0 aliphatic carbocycles. The number of carbonyl (C=O) groups excluding carboxylic acids is 1. The molecule has 1 aliphatic rings. The van der Waals surface area contributed by atoms with Crippen molar-refractivity contribution < 1.29 is 13.9 Å². The summed E-state index contributed by atoms with van der Waals surface area (Å²) in [6.07, 6.45) is 0.982. The zero-order chi connectivity index (χ0) is 15.4. The molecule has 0 N–H and O–H groups in total. The van der Waals surface area contributed by atoms with Crippen molar-refractivity contribution in [3.05, 3.63) is 36.1 Å². The zero-order valence-corrected chi connectivity index (χ0v) is 13.0. The van der Waals surface area contributed by atoms with Gasteiger partial charge in [-0.25, -0.2) is 0 Å². The number of para-hydroxylation sites is 1. The Balaban J connectivity index is 1.60. The maximum absolute atomic E-state index is 11.9. The molecule has 0 saturated carbocycles. The Morgan fingerprint density at radius 3 is 2.91 bits per heavy atom. The van der Waals surface area contributed by atoms with Gasteiger partial charge in [-0.05, 0) is 18.6 Å².